The first kappa shape index (κ1) is 24.6. The maximum atomic E-state index is 12.9. The number of nitrogens with one attached hydrogen (secondary N) is 2. The molecule has 4 rings (SSSR count). The van der Waals surface area contributed by atoms with E-state index >= 15 is 0 Å². The number of hydrogen-bond acceptors (Lipinski definition) is 6. The minimum atomic E-state index is -0.268. The Morgan fingerprint density at radius 3 is 1.28 bits per heavy atom. The van der Waals surface area contributed by atoms with E-state index in [2.05, 4.69) is 22.8 Å². The Hall–Kier alpha value is -4.50. The van der Waals surface area contributed by atoms with Crippen LogP contribution in [0.2, 0.25) is 0 Å². The molecule has 0 aliphatic heterocycles. The number of amides is 2. The van der Waals surface area contributed by atoms with Gasteiger partial charge in [0.15, 0.2) is 0 Å². The van der Waals surface area contributed by atoms with Crippen molar-refractivity contribution >= 4 is 44.8 Å². The highest BCUT2D eigenvalue weighted by Gasteiger charge is 2.16. The average Bonchev–Trinajstić information content (AvgIpc) is 2.93. The van der Waals surface area contributed by atoms with Gasteiger partial charge in [0, 0.05) is 21.2 Å². The molecule has 174 valence electrons. The van der Waals surface area contributed by atoms with Crippen molar-refractivity contribution in [1.82, 2.24) is 0 Å². The smallest absolute Gasteiger partial charge is 0.256 e. The van der Waals surface area contributed by atoms with E-state index in [1.807, 2.05) is 24.3 Å². The lowest BCUT2D eigenvalue weighted by molar-refractivity contribution is 0.101. The van der Waals surface area contributed by atoms with Crippen LogP contribution in [-0.2, 0) is 0 Å². The molecule has 8 heteroatoms. The molecule has 0 heterocycles. The van der Waals surface area contributed by atoms with Crippen LogP contribution in [0.25, 0.3) is 0 Å². The highest BCUT2D eigenvalue weighted by molar-refractivity contribution is 8.76. The second-order valence-electron chi connectivity index (χ2n) is 7.45. The zero-order chi connectivity index (χ0) is 25.3. The molecule has 2 N–H and O–H groups in total. The van der Waals surface area contributed by atoms with Crippen LogP contribution in [-0.4, -0.2) is 11.8 Å². The molecule has 0 aliphatic rings. The number of anilines is 2. The number of hydrogen-bond donors (Lipinski definition) is 2. The normalized spacial score (nSPS) is 10.1. The van der Waals surface area contributed by atoms with Crippen LogP contribution >= 0.6 is 21.6 Å². The molecule has 0 fully saturated rings. The second kappa shape index (κ2) is 11.8. The lowest BCUT2D eigenvalue weighted by Gasteiger charge is -2.12. The molecule has 0 aliphatic carbocycles. The van der Waals surface area contributed by atoms with Gasteiger partial charge in [-0.3, -0.25) is 9.59 Å². The third-order valence-corrected chi connectivity index (χ3v) is 7.51. The van der Waals surface area contributed by atoms with Gasteiger partial charge in [0.1, 0.15) is 0 Å². The fraction of sp³-hybridized carbons (Fsp3) is 0. The Kier molecular flexibility index (Phi) is 8.05. The first-order valence-corrected chi connectivity index (χ1v) is 12.9. The second-order valence-corrected chi connectivity index (χ2v) is 9.66. The Bertz CT molecular complexity index is 1370. The number of benzene rings is 4. The van der Waals surface area contributed by atoms with Crippen molar-refractivity contribution in [3.05, 3.63) is 119 Å². The largest absolute Gasteiger partial charge is 0.322 e. The molecule has 0 radical (unpaired) electrons. The summed E-state index contributed by atoms with van der Waals surface area (Å²) in [7, 11) is 2.77. The van der Waals surface area contributed by atoms with Crippen molar-refractivity contribution in [3.8, 4) is 12.1 Å². The van der Waals surface area contributed by atoms with Gasteiger partial charge in [0.2, 0.25) is 0 Å². The fourth-order valence-electron chi connectivity index (χ4n) is 3.20. The highest BCUT2D eigenvalue weighted by atomic mass is 33.1. The first-order valence-electron chi connectivity index (χ1n) is 10.7. The van der Waals surface area contributed by atoms with E-state index in [1.54, 1.807) is 72.8 Å². The molecule has 0 atom stereocenters. The summed E-state index contributed by atoms with van der Waals surface area (Å²) >= 11 is 0. The van der Waals surface area contributed by atoms with Gasteiger partial charge in [-0.15, -0.1) is 0 Å². The third-order valence-electron chi connectivity index (χ3n) is 5.03. The Morgan fingerprint density at radius 2 is 0.917 bits per heavy atom. The Morgan fingerprint density at radius 1 is 0.556 bits per heavy atom. The van der Waals surface area contributed by atoms with E-state index in [-0.39, 0.29) is 11.8 Å². The zero-order valence-electron chi connectivity index (χ0n) is 18.8. The quantitative estimate of drug-likeness (QED) is 0.269. The van der Waals surface area contributed by atoms with Gasteiger partial charge in [0.25, 0.3) is 11.8 Å². The summed E-state index contributed by atoms with van der Waals surface area (Å²) in [5.41, 5.74) is 3.22. The van der Waals surface area contributed by atoms with E-state index in [9.17, 15) is 9.59 Å². The first-order chi connectivity index (χ1) is 17.6. The van der Waals surface area contributed by atoms with E-state index in [0.717, 1.165) is 9.79 Å². The molecule has 0 saturated heterocycles. The van der Waals surface area contributed by atoms with Crippen LogP contribution in [0.4, 0.5) is 11.4 Å². The minimum absolute atomic E-state index is 0.268. The van der Waals surface area contributed by atoms with Crippen molar-refractivity contribution in [3.63, 3.8) is 0 Å². The lowest BCUT2D eigenvalue weighted by atomic mass is 10.2. The van der Waals surface area contributed by atoms with Crippen molar-refractivity contribution in [1.29, 1.82) is 10.5 Å². The average molecular weight is 507 g/mol. The maximum absolute atomic E-state index is 12.9. The van der Waals surface area contributed by atoms with Crippen LogP contribution in [0, 0.1) is 22.7 Å². The number of carbonyl (C=O) groups is 2. The van der Waals surface area contributed by atoms with Crippen molar-refractivity contribution in [2.75, 3.05) is 10.6 Å². The molecule has 2 amide bonds. The number of nitriles is 2. The zero-order valence-corrected chi connectivity index (χ0v) is 20.4. The number of nitrogens with zero attached hydrogens (tertiary/aromatic N) is 2. The third kappa shape index (κ3) is 6.13. The predicted molar refractivity (Wildman–Crippen MR) is 143 cm³/mol. The molecule has 0 bridgehead atoms. The molecule has 36 heavy (non-hydrogen) atoms. The van der Waals surface area contributed by atoms with E-state index in [1.165, 1.54) is 21.6 Å². The van der Waals surface area contributed by atoms with E-state index < -0.39 is 0 Å². The van der Waals surface area contributed by atoms with Crippen molar-refractivity contribution in [2.24, 2.45) is 0 Å². The monoisotopic (exact) mass is 506 g/mol. The van der Waals surface area contributed by atoms with Gasteiger partial charge in [-0.1, -0.05) is 45.9 Å². The molecule has 4 aromatic carbocycles. The van der Waals surface area contributed by atoms with Gasteiger partial charge in [-0.2, -0.15) is 10.5 Å². The molecular weight excluding hydrogens is 488 g/mol. The summed E-state index contributed by atoms with van der Waals surface area (Å²) in [5, 5.41) is 23.6. The van der Waals surface area contributed by atoms with Crippen LogP contribution in [0.15, 0.2) is 107 Å². The van der Waals surface area contributed by atoms with Crippen LogP contribution < -0.4 is 10.6 Å². The summed E-state index contributed by atoms with van der Waals surface area (Å²) in [6, 6.07) is 31.9. The van der Waals surface area contributed by atoms with Crippen LogP contribution in [0.1, 0.15) is 31.8 Å². The molecule has 0 saturated carbocycles. The van der Waals surface area contributed by atoms with E-state index in [4.69, 9.17) is 10.5 Å². The van der Waals surface area contributed by atoms with E-state index in [0.29, 0.717) is 33.6 Å². The predicted octanol–water partition coefficient (Wildman–Crippen LogP) is 6.73. The topological polar surface area (TPSA) is 106 Å². The van der Waals surface area contributed by atoms with Gasteiger partial charge in [0.05, 0.1) is 34.4 Å². The summed E-state index contributed by atoms with van der Waals surface area (Å²) < 4.78 is 0. The SMILES string of the molecule is N#Cc1ccc(NC(=O)c2ccccc2SSc2ccccc2C(=O)Nc2ccc(C#N)cc2)cc1. The summed E-state index contributed by atoms with van der Waals surface area (Å²) in [4.78, 5) is 27.4. The van der Waals surface area contributed by atoms with Crippen LogP contribution in [0.5, 0.6) is 0 Å². The number of carbonyl (C=O) groups excluding carboxylic acids is 2. The molecular formula is C28H18N4O2S2. The maximum Gasteiger partial charge on any atom is 0.256 e. The number of rotatable bonds is 7. The van der Waals surface area contributed by atoms with Crippen molar-refractivity contribution < 1.29 is 9.59 Å². The Labute approximate surface area is 216 Å². The van der Waals surface area contributed by atoms with Gasteiger partial charge in [-0.25, -0.2) is 0 Å². The highest BCUT2D eigenvalue weighted by Crippen LogP contribution is 2.40. The molecule has 0 unspecified atom stereocenters. The van der Waals surface area contributed by atoms with Gasteiger partial charge in [-0.05, 0) is 72.8 Å². The Balaban J connectivity index is 1.47. The van der Waals surface area contributed by atoms with Crippen molar-refractivity contribution in [2.45, 2.75) is 9.79 Å². The molecule has 0 spiro atoms. The molecule has 6 nitrogen and oxygen atoms in total. The van der Waals surface area contributed by atoms with Crippen LogP contribution in [0.3, 0.4) is 0 Å². The summed E-state index contributed by atoms with van der Waals surface area (Å²) in [6.45, 7) is 0. The molecule has 4 aromatic rings. The summed E-state index contributed by atoms with van der Waals surface area (Å²) in [6.07, 6.45) is 0. The van der Waals surface area contributed by atoms with Gasteiger partial charge < -0.3 is 10.6 Å². The summed E-state index contributed by atoms with van der Waals surface area (Å²) in [5.74, 6) is -0.537. The van der Waals surface area contributed by atoms with Gasteiger partial charge >= 0.3 is 0 Å². The standard InChI is InChI=1S/C28H18N4O2S2/c29-17-19-9-13-21(14-10-19)31-27(33)23-5-1-3-7-25(23)35-36-26-8-4-2-6-24(26)28(34)32-22-15-11-20(18-30)12-16-22/h1-16H,(H,31,33)(H,32,34). The minimum Gasteiger partial charge on any atom is -0.322 e. The fourth-order valence-corrected chi connectivity index (χ4v) is 5.56. The molecule has 0 aromatic heterocycles. The lowest BCUT2D eigenvalue weighted by Crippen LogP contribution is -2.13.